The van der Waals surface area contributed by atoms with E-state index in [1.807, 2.05) is 30.3 Å². The molecule has 36 heavy (non-hydrogen) atoms. The van der Waals surface area contributed by atoms with E-state index >= 15 is 0 Å². The van der Waals surface area contributed by atoms with Gasteiger partial charge in [0.1, 0.15) is 17.5 Å². The minimum absolute atomic E-state index is 0.00000249. The van der Waals surface area contributed by atoms with Gasteiger partial charge in [-0.05, 0) is 54.6 Å². The number of nitrogens with one attached hydrogen (secondary N) is 1. The van der Waals surface area contributed by atoms with Crippen molar-refractivity contribution in [2.75, 3.05) is 20.8 Å². The van der Waals surface area contributed by atoms with Crippen molar-refractivity contribution in [1.82, 2.24) is 10.2 Å². The zero-order valence-electron chi connectivity index (χ0n) is 20.8. The first-order chi connectivity index (χ1) is 17.6. The summed E-state index contributed by atoms with van der Waals surface area (Å²) >= 11 is 0. The monoisotopic (exact) mass is 486 g/mol. The molecule has 188 valence electrons. The maximum Gasteiger partial charge on any atom is 0.320 e. The van der Waals surface area contributed by atoms with Crippen LogP contribution in [0.25, 0.3) is 0 Å². The molecule has 3 heterocycles. The Kier molecular flexibility index (Phi) is 7.25. The van der Waals surface area contributed by atoms with Crippen molar-refractivity contribution >= 4 is 5.97 Å². The van der Waals surface area contributed by atoms with Gasteiger partial charge >= 0.3 is 5.97 Å². The highest BCUT2D eigenvalue weighted by atomic mass is 16.5. The van der Waals surface area contributed by atoms with Gasteiger partial charge < -0.3 is 19.9 Å². The summed E-state index contributed by atoms with van der Waals surface area (Å²) in [6.45, 7) is 1.41. The molecule has 0 saturated carbocycles. The van der Waals surface area contributed by atoms with Gasteiger partial charge in [-0.2, -0.15) is 0 Å². The molecule has 2 N–H and O–H groups in total. The van der Waals surface area contributed by atoms with Crippen LogP contribution in [-0.4, -0.2) is 54.9 Å². The lowest BCUT2D eigenvalue weighted by Gasteiger charge is -2.56. The number of carboxylic acids is 1. The summed E-state index contributed by atoms with van der Waals surface area (Å²) in [6.07, 6.45) is 1.65. The van der Waals surface area contributed by atoms with Crippen molar-refractivity contribution in [1.29, 1.82) is 0 Å². The number of nitrogens with zero attached hydrogens (tertiary/aromatic N) is 1. The molecule has 3 aromatic carbocycles. The number of hydrogen-bond donors (Lipinski definition) is 2. The zero-order chi connectivity index (χ0) is 25.1. The van der Waals surface area contributed by atoms with Crippen LogP contribution in [0.2, 0.25) is 0 Å². The van der Waals surface area contributed by atoms with Crippen LogP contribution in [0.5, 0.6) is 11.5 Å². The Morgan fingerprint density at radius 1 is 1.00 bits per heavy atom. The molecular weight excluding hydrogens is 452 g/mol. The van der Waals surface area contributed by atoms with Crippen LogP contribution in [0.4, 0.5) is 0 Å². The molecule has 0 amide bonds. The van der Waals surface area contributed by atoms with Crippen LogP contribution in [-0.2, 0) is 11.3 Å². The number of carbonyl (C=O) groups is 1. The summed E-state index contributed by atoms with van der Waals surface area (Å²) in [7, 11) is 3.35. The second-order valence-electron chi connectivity index (χ2n) is 9.75. The summed E-state index contributed by atoms with van der Waals surface area (Å²) < 4.78 is 11.1. The first kappa shape index (κ1) is 24.3. The Morgan fingerprint density at radius 3 is 2.25 bits per heavy atom. The van der Waals surface area contributed by atoms with E-state index in [0.29, 0.717) is 13.0 Å². The maximum atomic E-state index is 12.3. The molecule has 2 bridgehead atoms. The summed E-state index contributed by atoms with van der Waals surface area (Å²) in [4.78, 5) is 14.6. The third-order valence-electron chi connectivity index (χ3n) is 7.90. The number of ether oxygens (including phenoxy) is 2. The van der Waals surface area contributed by atoms with Gasteiger partial charge in [-0.3, -0.25) is 9.69 Å². The largest absolute Gasteiger partial charge is 0.497 e. The standard InChI is InChI=1S/C30H34N2O4/c1-35-24-13-14-26(36-2)23(17-24)19-31-28-22-15-16-32(25(18-22)30(33)34)29(28)27(20-9-5-3-6-10-20)21-11-7-4-8-12-21/h3-14,17,22,25,27-29,31H,15-16,18-19H2,1-2H3,(H,33,34)/t22?,25?,28?,29-/m0/s1. The molecular formula is C30H34N2O4. The quantitative estimate of drug-likeness (QED) is 0.463. The highest BCUT2D eigenvalue weighted by Crippen LogP contribution is 2.44. The van der Waals surface area contributed by atoms with Crippen molar-refractivity contribution in [3.05, 3.63) is 95.6 Å². The van der Waals surface area contributed by atoms with Crippen molar-refractivity contribution in [3.8, 4) is 11.5 Å². The SMILES string of the molecule is COc1ccc(OC)c(CNC2C3CCN(C(C(=O)O)C3)[C@H]2C(c2ccccc2)c2ccccc2)c1. The molecule has 0 aromatic heterocycles. The molecule has 0 aliphatic carbocycles. The Hall–Kier alpha value is -3.35. The number of fused-ring (bicyclic) bond motifs is 3. The molecule has 5 atom stereocenters. The Balaban J connectivity index is 1.54. The topological polar surface area (TPSA) is 71.0 Å². The second kappa shape index (κ2) is 10.7. The van der Waals surface area contributed by atoms with Crippen LogP contribution in [0.1, 0.15) is 35.4 Å². The number of rotatable bonds is 9. The van der Waals surface area contributed by atoms with Crippen LogP contribution >= 0.6 is 0 Å². The van der Waals surface area contributed by atoms with Gasteiger partial charge in [0.05, 0.1) is 14.2 Å². The van der Waals surface area contributed by atoms with Crippen LogP contribution < -0.4 is 14.8 Å². The molecule has 3 aliphatic rings. The predicted octanol–water partition coefficient (Wildman–Crippen LogP) is 4.54. The van der Waals surface area contributed by atoms with E-state index in [-0.39, 0.29) is 23.9 Å². The highest BCUT2D eigenvalue weighted by molar-refractivity contribution is 5.74. The lowest BCUT2D eigenvalue weighted by atomic mass is 9.68. The molecule has 3 aromatic rings. The van der Waals surface area contributed by atoms with Gasteiger partial charge in [0.15, 0.2) is 0 Å². The number of aliphatic carboxylic acids is 1. The summed E-state index contributed by atoms with van der Waals surface area (Å²) in [5.74, 6) is 1.19. The summed E-state index contributed by atoms with van der Waals surface area (Å²) in [5.41, 5.74) is 3.44. The molecule has 4 unspecified atom stereocenters. The average molecular weight is 487 g/mol. The van der Waals surface area contributed by atoms with Crippen molar-refractivity contribution in [2.45, 2.75) is 43.4 Å². The normalized spacial score (nSPS) is 25.0. The van der Waals surface area contributed by atoms with E-state index in [9.17, 15) is 9.90 Å². The predicted molar refractivity (Wildman–Crippen MR) is 140 cm³/mol. The van der Waals surface area contributed by atoms with E-state index in [0.717, 1.165) is 30.0 Å². The fourth-order valence-corrected chi connectivity index (χ4v) is 6.26. The number of benzene rings is 3. The third kappa shape index (κ3) is 4.71. The maximum absolute atomic E-state index is 12.3. The van der Waals surface area contributed by atoms with Crippen molar-refractivity contribution in [3.63, 3.8) is 0 Å². The number of carboxylic acid groups (broad SMARTS) is 1. The fraction of sp³-hybridized carbons (Fsp3) is 0.367. The van der Waals surface area contributed by atoms with E-state index in [2.05, 4.69) is 58.7 Å². The van der Waals surface area contributed by atoms with E-state index in [1.54, 1.807) is 14.2 Å². The summed E-state index contributed by atoms with van der Waals surface area (Å²) in [6, 6.07) is 26.5. The first-order valence-electron chi connectivity index (χ1n) is 12.6. The molecule has 3 aliphatic heterocycles. The van der Waals surface area contributed by atoms with Crippen molar-refractivity contribution < 1.29 is 19.4 Å². The highest BCUT2D eigenvalue weighted by Gasteiger charge is 2.52. The van der Waals surface area contributed by atoms with Crippen LogP contribution in [0.15, 0.2) is 78.9 Å². The van der Waals surface area contributed by atoms with Gasteiger partial charge in [-0.15, -0.1) is 0 Å². The van der Waals surface area contributed by atoms with Gasteiger partial charge in [-0.25, -0.2) is 0 Å². The molecule has 3 saturated heterocycles. The number of methoxy groups -OCH3 is 2. The van der Waals surface area contributed by atoms with E-state index < -0.39 is 12.0 Å². The second-order valence-corrected chi connectivity index (χ2v) is 9.75. The number of piperidine rings is 3. The minimum atomic E-state index is -0.725. The minimum Gasteiger partial charge on any atom is -0.497 e. The Labute approximate surface area is 212 Å². The van der Waals surface area contributed by atoms with Crippen LogP contribution in [0, 0.1) is 5.92 Å². The van der Waals surface area contributed by atoms with Crippen LogP contribution in [0.3, 0.4) is 0 Å². The fourth-order valence-electron chi connectivity index (χ4n) is 6.26. The molecule has 6 heteroatoms. The molecule has 6 rings (SSSR count). The molecule has 0 spiro atoms. The molecule has 3 fully saturated rings. The lowest BCUT2D eigenvalue weighted by molar-refractivity contribution is -0.152. The van der Waals surface area contributed by atoms with Gasteiger partial charge in [0, 0.05) is 30.1 Å². The van der Waals surface area contributed by atoms with E-state index in [4.69, 9.17) is 9.47 Å². The molecule has 6 nitrogen and oxygen atoms in total. The Bertz CT molecular complexity index is 1130. The van der Waals surface area contributed by atoms with Gasteiger partial charge in [0.2, 0.25) is 0 Å². The lowest BCUT2D eigenvalue weighted by Crippen LogP contribution is -2.69. The summed E-state index contributed by atoms with van der Waals surface area (Å²) in [5, 5.41) is 14.0. The first-order valence-corrected chi connectivity index (χ1v) is 12.6. The van der Waals surface area contributed by atoms with Gasteiger partial charge in [0.25, 0.3) is 0 Å². The Morgan fingerprint density at radius 2 is 1.67 bits per heavy atom. The number of hydrogen-bond acceptors (Lipinski definition) is 5. The van der Waals surface area contributed by atoms with Gasteiger partial charge in [-0.1, -0.05) is 60.7 Å². The third-order valence-corrected chi connectivity index (χ3v) is 7.90. The molecule has 0 radical (unpaired) electrons. The van der Waals surface area contributed by atoms with E-state index in [1.165, 1.54) is 11.1 Å². The van der Waals surface area contributed by atoms with Crippen molar-refractivity contribution in [2.24, 2.45) is 5.92 Å². The average Bonchev–Trinajstić information content (AvgIpc) is 2.93. The zero-order valence-corrected chi connectivity index (χ0v) is 20.8. The smallest absolute Gasteiger partial charge is 0.320 e.